The van der Waals surface area contributed by atoms with Crippen molar-refractivity contribution in [3.8, 4) is 69.2 Å². The number of likely N-dealkylation sites (N-methyl/N-ethyl adjacent to an activating group) is 2. The second-order valence-corrected chi connectivity index (χ2v) is 15.1. The van der Waals surface area contributed by atoms with E-state index in [1.165, 1.54) is 15.9 Å². The number of carbonyl (C=O) groups is 4. The Morgan fingerprint density at radius 2 is 1.15 bits per heavy atom. The van der Waals surface area contributed by atoms with Crippen LogP contribution >= 0.6 is 0 Å². The fourth-order valence-electron chi connectivity index (χ4n) is 6.82. The molecule has 6 aromatic rings. The predicted molar refractivity (Wildman–Crippen MR) is 239 cm³/mol. The zero-order chi connectivity index (χ0) is 45.8. The van der Waals surface area contributed by atoms with Gasteiger partial charge in [0, 0.05) is 76.4 Å². The molecule has 18 nitrogen and oxygen atoms in total. The van der Waals surface area contributed by atoms with Crippen molar-refractivity contribution in [2.45, 2.75) is 38.4 Å². The van der Waals surface area contributed by atoms with E-state index in [0.717, 1.165) is 0 Å². The minimum atomic E-state index is -1.68. The van der Waals surface area contributed by atoms with Gasteiger partial charge < -0.3 is 39.6 Å². The number of primary amides is 1. The minimum absolute atomic E-state index is 0. The molecule has 2 atom stereocenters. The highest BCUT2D eigenvalue weighted by Crippen LogP contribution is 2.26. The number of hydrogen-bond donors (Lipinski definition) is 3. The molecule has 6 heterocycles. The minimum Gasteiger partial charge on any atom is -0.461 e. The van der Waals surface area contributed by atoms with Crippen molar-refractivity contribution in [2.75, 3.05) is 33.8 Å². The molecule has 2 saturated heterocycles. The fraction of sp³-hybridized carbons (Fsp3) is 0.277. The van der Waals surface area contributed by atoms with Crippen molar-refractivity contribution in [1.82, 2.24) is 48.8 Å². The van der Waals surface area contributed by atoms with E-state index in [1.54, 1.807) is 110 Å². The van der Waals surface area contributed by atoms with Crippen LogP contribution in [0.25, 0.3) is 45.6 Å². The second kappa shape index (κ2) is 19.1. The van der Waals surface area contributed by atoms with Crippen LogP contribution in [0.4, 0.5) is 0 Å². The maximum atomic E-state index is 12.4. The molecular weight excluding hydrogens is 831 g/mol. The quantitative estimate of drug-likeness (QED) is 0.155. The van der Waals surface area contributed by atoms with Crippen molar-refractivity contribution in [3.63, 3.8) is 0 Å². The van der Waals surface area contributed by atoms with E-state index < -0.39 is 34.9 Å². The SMILES string of the molecule is C.CCOC(=O)c1cc(-c2cncn2C)nc(-c2cccc(C#C[C@]3(O)CCN(C)C3=O)c2)n1.CN1CC[C@@](O)(C#Cc2cccc(-c3nc(C(N)=O)cc(-c4cncn4C)n3)c2)C1=O. The maximum absolute atomic E-state index is 12.4. The Morgan fingerprint density at radius 3 is 1.54 bits per heavy atom. The number of nitrogens with zero attached hydrogens (tertiary/aromatic N) is 10. The molecular formula is C47H47N11O7. The monoisotopic (exact) mass is 877 g/mol. The Labute approximate surface area is 375 Å². The van der Waals surface area contributed by atoms with E-state index in [1.807, 2.05) is 14.1 Å². The largest absolute Gasteiger partial charge is 0.461 e. The van der Waals surface area contributed by atoms with E-state index in [9.17, 15) is 29.4 Å². The number of esters is 1. The lowest BCUT2D eigenvalue weighted by Crippen LogP contribution is -2.37. The summed E-state index contributed by atoms with van der Waals surface area (Å²) in [5.74, 6) is 9.74. The molecule has 8 rings (SSSR count). The molecule has 332 valence electrons. The summed E-state index contributed by atoms with van der Waals surface area (Å²) in [6.07, 6.45) is 7.07. The molecule has 2 aliphatic rings. The van der Waals surface area contributed by atoms with Gasteiger partial charge in [-0.25, -0.2) is 34.7 Å². The molecule has 65 heavy (non-hydrogen) atoms. The maximum Gasteiger partial charge on any atom is 0.357 e. The number of benzene rings is 2. The number of nitrogens with two attached hydrogens (primary N) is 1. The Balaban J connectivity index is 0.000000212. The van der Waals surface area contributed by atoms with Crippen LogP contribution in [0.3, 0.4) is 0 Å². The molecule has 0 bridgehead atoms. The van der Waals surface area contributed by atoms with Crippen LogP contribution in [0.1, 0.15) is 59.3 Å². The summed E-state index contributed by atoms with van der Waals surface area (Å²) in [6.45, 7) is 2.86. The van der Waals surface area contributed by atoms with Gasteiger partial charge >= 0.3 is 5.97 Å². The van der Waals surface area contributed by atoms with Gasteiger partial charge in [-0.15, -0.1) is 0 Å². The number of aryl methyl sites for hydroxylation is 2. The van der Waals surface area contributed by atoms with Gasteiger partial charge in [-0.2, -0.15) is 0 Å². The van der Waals surface area contributed by atoms with Crippen LogP contribution in [0.15, 0.2) is 85.7 Å². The topological polar surface area (TPSA) is 238 Å². The molecule has 2 fully saturated rings. The first-order valence-corrected chi connectivity index (χ1v) is 20.0. The second-order valence-electron chi connectivity index (χ2n) is 15.1. The molecule has 0 saturated carbocycles. The van der Waals surface area contributed by atoms with Crippen LogP contribution in [0.2, 0.25) is 0 Å². The van der Waals surface area contributed by atoms with Gasteiger partial charge in [0.2, 0.25) is 11.2 Å². The molecule has 0 aliphatic carbocycles. The standard InChI is InChI=1S/C24H23N5O4.C22H20N6O3.CH4/c1-4-33-22(30)19-13-18(20-14-25-15-29(20)3)26-21(27-19)17-7-5-6-16(12-17)8-9-24(32)10-11-28(2)23(24)31;1-27-9-8-22(31,21(27)30)7-6-14-4-3-5-15(10-14)20-25-16(11-17(26-20)19(23)29)18-12-24-13-28(18)2;/h5-7,12-15,32H,4,10-11H2,1-3H3;3-5,10-13,31H,8-9H2,1-2H3,(H2,23,29);1H4/t24-;22-;/m00./s1. The van der Waals surface area contributed by atoms with Gasteiger partial charge in [-0.05, 0) is 43.3 Å². The van der Waals surface area contributed by atoms with E-state index >= 15 is 0 Å². The van der Waals surface area contributed by atoms with Crippen LogP contribution in [-0.2, 0) is 28.4 Å². The number of amides is 3. The zero-order valence-corrected chi connectivity index (χ0v) is 35.6. The van der Waals surface area contributed by atoms with Crippen molar-refractivity contribution in [2.24, 2.45) is 19.8 Å². The number of carbonyl (C=O) groups excluding carboxylic acids is 4. The molecule has 4 N–H and O–H groups in total. The first kappa shape index (κ1) is 46.4. The molecule has 0 radical (unpaired) electrons. The average molecular weight is 878 g/mol. The Kier molecular flexibility index (Phi) is 13.7. The average Bonchev–Trinajstić information content (AvgIpc) is 4.06. The Morgan fingerprint density at radius 1 is 0.708 bits per heavy atom. The first-order valence-electron chi connectivity index (χ1n) is 20.0. The number of hydrogen-bond acceptors (Lipinski definition) is 13. The summed E-state index contributed by atoms with van der Waals surface area (Å²) >= 11 is 0. The van der Waals surface area contributed by atoms with E-state index in [0.29, 0.717) is 69.8 Å². The molecule has 18 heteroatoms. The third-order valence-electron chi connectivity index (χ3n) is 10.4. The van der Waals surface area contributed by atoms with E-state index in [2.05, 4.69) is 53.6 Å². The molecule has 4 aromatic heterocycles. The third kappa shape index (κ3) is 10.1. The molecule has 3 amide bonds. The number of imidazole rings is 2. The molecule has 0 unspecified atom stereocenters. The third-order valence-corrected chi connectivity index (χ3v) is 10.4. The normalized spacial score (nSPS) is 17.5. The summed E-state index contributed by atoms with van der Waals surface area (Å²) in [6, 6.07) is 17.2. The van der Waals surface area contributed by atoms with E-state index in [4.69, 9.17) is 10.5 Å². The number of aromatic nitrogens is 8. The van der Waals surface area contributed by atoms with Crippen molar-refractivity contribution >= 4 is 23.7 Å². The summed E-state index contributed by atoms with van der Waals surface area (Å²) in [5, 5.41) is 21.0. The van der Waals surface area contributed by atoms with Crippen molar-refractivity contribution < 1.29 is 34.1 Å². The van der Waals surface area contributed by atoms with Gasteiger partial charge in [0.25, 0.3) is 17.7 Å². The number of aliphatic hydroxyl groups is 2. The summed E-state index contributed by atoms with van der Waals surface area (Å²) in [5.41, 5.74) is 7.14. The lowest BCUT2D eigenvalue weighted by atomic mass is 10.0. The number of rotatable bonds is 7. The van der Waals surface area contributed by atoms with Gasteiger partial charge in [0.1, 0.15) is 5.69 Å². The lowest BCUT2D eigenvalue weighted by Gasteiger charge is -2.13. The van der Waals surface area contributed by atoms with Gasteiger partial charge in [-0.1, -0.05) is 55.4 Å². The number of likely N-dealkylation sites (tertiary alicyclic amines) is 2. The Bertz CT molecular complexity index is 2940. The number of ether oxygens (including phenoxy) is 1. The summed E-state index contributed by atoms with van der Waals surface area (Å²) in [4.78, 5) is 77.5. The highest BCUT2D eigenvalue weighted by molar-refractivity contribution is 5.93. The van der Waals surface area contributed by atoms with Crippen molar-refractivity contribution in [3.05, 3.63) is 108 Å². The summed E-state index contributed by atoms with van der Waals surface area (Å²) in [7, 11) is 6.91. The molecule has 2 aliphatic heterocycles. The summed E-state index contributed by atoms with van der Waals surface area (Å²) < 4.78 is 8.70. The molecule has 2 aromatic carbocycles. The smallest absolute Gasteiger partial charge is 0.357 e. The van der Waals surface area contributed by atoms with Crippen LogP contribution < -0.4 is 5.73 Å². The Hall–Kier alpha value is -8.06. The predicted octanol–water partition coefficient (Wildman–Crippen LogP) is 2.89. The fourth-order valence-corrected chi connectivity index (χ4v) is 6.82. The van der Waals surface area contributed by atoms with Gasteiger partial charge in [0.05, 0.1) is 54.4 Å². The van der Waals surface area contributed by atoms with Crippen molar-refractivity contribution in [1.29, 1.82) is 0 Å². The lowest BCUT2D eigenvalue weighted by molar-refractivity contribution is -0.138. The van der Waals surface area contributed by atoms with Crippen LogP contribution in [-0.4, -0.2) is 128 Å². The highest BCUT2D eigenvalue weighted by Gasteiger charge is 2.43. The zero-order valence-electron chi connectivity index (χ0n) is 35.6. The van der Waals surface area contributed by atoms with Gasteiger partial charge in [-0.3, -0.25) is 14.4 Å². The van der Waals surface area contributed by atoms with E-state index in [-0.39, 0.29) is 38.3 Å². The van der Waals surface area contributed by atoms with Gasteiger partial charge in [0.15, 0.2) is 17.3 Å². The molecule has 0 spiro atoms. The van der Waals surface area contributed by atoms with Crippen LogP contribution in [0, 0.1) is 23.7 Å². The highest BCUT2D eigenvalue weighted by atomic mass is 16.5. The van der Waals surface area contributed by atoms with Crippen LogP contribution in [0.5, 0.6) is 0 Å². The first-order chi connectivity index (χ1) is 30.6.